The molecule has 4 aromatic rings. The van der Waals surface area contributed by atoms with Gasteiger partial charge in [-0.2, -0.15) is 5.10 Å². The van der Waals surface area contributed by atoms with E-state index in [4.69, 9.17) is 10.5 Å². The standard InChI is InChI=1S/C22H20N6O2/c1-30-20-11-21(28-10-2-9-27-28)26-14-19(20)25-13-15-3-8-18(24-12-15)16-4-6-17(7-5-16)22(23)29/h2-12,14,25H,13H2,1H3,(H2,23,29). The van der Waals surface area contributed by atoms with Gasteiger partial charge in [-0.1, -0.05) is 18.2 Å². The molecule has 3 N–H and O–H groups in total. The Bertz CT molecular complexity index is 1140. The second kappa shape index (κ2) is 8.44. The van der Waals surface area contributed by atoms with E-state index < -0.39 is 5.91 Å². The number of benzene rings is 1. The maximum atomic E-state index is 11.2. The molecule has 0 aliphatic carbocycles. The first-order chi connectivity index (χ1) is 14.6. The van der Waals surface area contributed by atoms with Gasteiger partial charge in [0.1, 0.15) is 5.75 Å². The predicted molar refractivity (Wildman–Crippen MR) is 113 cm³/mol. The van der Waals surface area contributed by atoms with Crippen molar-refractivity contribution in [1.82, 2.24) is 19.7 Å². The van der Waals surface area contributed by atoms with E-state index in [1.54, 1.807) is 36.3 Å². The molecule has 0 bridgehead atoms. The summed E-state index contributed by atoms with van der Waals surface area (Å²) in [6.45, 7) is 0.563. The summed E-state index contributed by atoms with van der Waals surface area (Å²) in [6.07, 6.45) is 7.05. The van der Waals surface area contributed by atoms with Crippen LogP contribution >= 0.6 is 0 Å². The van der Waals surface area contributed by atoms with Gasteiger partial charge in [-0.25, -0.2) is 9.67 Å². The Hall–Kier alpha value is -4.20. The van der Waals surface area contributed by atoms with E-state index in [9.17, 15) is 4.79 Å². The normalized spacial score (nSPS) is 10.6. The van der Waals surface area contributed by atoms with Crippen LogP contribution in [0.25, 0.3) is 17.1 Å². The van der Waals surface area contributed by atoms with Gasteiger partial charge in [0.15, 0.2) is 5.82 Å². The minimum absolute atomic E-state index is 0.446. The molecule has 0 saturated carbocycles. The summed E-state index contributed by atoms with van der Waals surface area (Å²) in [5.74, 6) is 0.906. The summed E-state index contributed by atoms with van der Waals surface area (Å²) in [7, 11) is 1.62. The van der Waals surface area contributed by atoms with Gasteiger partial charge < -0.3 is 15.8 Å². The Labute approximate surface area is 173 Å². The Balaban J connectivity index is 1.44. The highest BCUT2D eigenvalue weighted by Crippen LogP contribution is 2.26. The number of nitrogens with zero attached hydrogens (tertiary/aromatic N) is 4. The number of nitrogens with two attached hydrogens (primary N) is 1. The topological polar surface area (TPSA) is 108 Å². The van der Waals surface area contributed by atoms with E-state index in [0.29, 0.717) is 23.7 Å². The van der Waals surface area contributed by atoms with Crippen LogP contribution in [0.15, 0.2) is 73.3 Å². The Morgan fingerprint density at radius 3 is 2.60 bits per heavy atom. The van der Waals surface area contributed by atoms with Crippen LogP contribution in [-0.2, 0) is 6.54 Å². The Kier molecular flexibility index (Phi) is 5.38. The summed E-state index contributed by atoms with van der Waals surface area (Å²) in [5.41, 5.74) is 9.27. The summed E-state index contributed by atoms with van der Waals surface area (Å²) >= 11 is 0. The second-order valence-electron chi connectivity index (χ2n) is 6.54. The zero-order valence-corrected chi connectivity index (χ0v) is 16.3. The third-order valence-electron chi connectivity index (χ3n) is 4.58. The lowest BCUT2D eigenvalue weighted by molar-refractivity contribution is 0.100. The van der Waals surface area contributed by atoms with Crippen LogP contribution < -0.4 is 15.8 Å². The number of carbonyl (C=O) groups is 1. The van der Waals surface area contributed by atoms with E-state index in [1.807, 2.05) is 48.8 Å². The molecule has 0 saturated heterocycles. The molecule has 0 fully saturated rings. The molecule has 0 aliphatic heterocycles. The van der Waals surface area contributed by atoms with Crippen LogP contribution in [0, 0.1) is 0 Å². The van der Waals surface area contributed by atoms with Crippen molar-refractivity contribution in [2.45, 2.75) is 6.54 Å². The molecule has 150 valence electrons. The van der Waals surface area contributed by atoms with Crippen molar-refractivity contribution >= 4 is 11.6 Å². The van der Waals surface area contributed by atoms with Gasteiger partial charge in [0, 0.05) is 42.3 Å². The van der Waals surface area contributed by atoms with E-state index in [2.05, 4.69) is 20.4 Å². The number of hydrogen-bond acceptors (Lipinski definition) is 6. The highest BCUT2D eigenvalue weighted by Gasteiger charge is 2.08. The summed E-state index contributed by atoms with van der Waals surface area (Å²) in [5, 5.41) is 7.50. The van der Waals surface area contributed by atoms with Crippen LogP contribution in [0.2, 0.25) is 0 Å². The summed E-state index contributed by atoms with van der Waals surface area (Å²) in [4.78, 5) is 20.1. The number of carbonyl (C=O) groups excluding carboxylic acids is 1. The van der Waals surface area contributed by atoms with Gasteiger partial charge in [0.2, 0.25) is 5.91 Å². The van der Waals surface area contributed by atoms with Crippen LogP contribution in [0.1, 0.15) is 15.9 Å². The number of hydrogen-bond donors (Lipinski definition) is 2. The molecular formula is C22H20N6O2. The highest BCUT2D eigenvalue weighted by atomic mass is 16.5. The smallest absolute Gasteiger partial charge is 0.248 e. The van der Waals surface area contributed by atoms with Gasteiger partial charge in [0.05, 0.1) is 24.7 Å². The van der Waals surface area contributed by atoms with Gasteiger partial charge in [-0.05, 0) is 29.8 Å². The largest absolute Gasteiger partial charge is 0.494 e. The fourth-order valence-electron chi connectivity index (χ4n) is 2.96. The Morgan fingerprint density at radius 1 is 1.13 bits per heavy atom. The molecule has 0 aliphatic rings. The quantitative estimate of drug-likeness (QED) is 0.494. The summed E-state index contributed by atoms with van der Waals surface area (Å²) in [6, 6.07) is 14.6. The fourth-order valence-corrected chi connectivity index (χ4v) is 2.96. The number of aromatic nitrogens is 4. The lowest BCUT2D eigenvalue weighted by Crippen LogP contribution is -2.10. The molecule has 8 heteroatoms. The second-order valence-corrected chi connectivity index (χ2v) is 6.54. The molecule has 0 radical (unpaired) electrons. The molecule has 3 heterocycles. The van der Waals surface area contributed by atoms with E-state index >= 15 is 0 Å². The number of anilines is 1. The average Bonchev–Trinajstić information content (AvgIpc) is 3.33. The lowest BCUT2D eigenvalue weighted by atomic mass is 10.1. The molecule has 1 amide bonds. The monoisotopic (exact) mass is 400 g/mol. The SMILES string of the molecule is COc1cc(-n2cccn2)ncc1NCc1ccc(-c2ccc(C(N)=O)cc2)nc1. The first kappa shape index (κ1) is 19.1. The van der Waals surface area contributed by atoms with E-state index in [1.165, 1.54) is 0 Å². The number of primary amides is 1. The van der Waals surface area contributed by atoms with Crippen LogP contribution in [0.3, 0.4) is 0 Å². The summed E-state index contributed by atoms with van der Waals surface area (Å²) < 4.78 is 7.16. The third kappa shape index (κ3) is 4.12. The zero-order valence-electron chi connectivity index (χ0n) is 16.3. The molecule has 0 unspecified atom stereocenters. The molecule has 4 rings (SSSR count). The number of pyridine rings is 2. The van der Waals surface area contributed by atoms with Crippen molar-refractivity contribution in [2.75, 3.05) is 12.4 Å². The minimum Gasteiger partial charge on any atom is -0.494 e. The number of ether oxygens (including phenoxy) is 1. The predicted octanol–water partition coefficient (Wildman–Crippen LogP) is 3.05. The van der Waals surface area contributed by atoms with Crippen LogP contribution in [0.5, 0.6) is 5.75 Å². The van der Waals surface area contributed by atoms with Gasteiger partial charge in [-0.3, -0.25) is 9.78 Å². The number of methoxy groups -OCH3 is 1. The number of nitrogens with one attached hydrogen (secondary N) is 1. The van der Waals surface area contributed by atoms with Crippen LogP contribution in [0.4, 0.5) is 5.69 Å². The van der Waals surface area contributed by atoms with Crippen molar-refractivity contribution in [3.05, 3.63) is 84.4 Å². The van der Waals surface area contributed by atoms with Crippen molar-refractivity contribution < 1.29 is 9.53 Å². The molecular weight excluding hydrogens is 380 g/mol. The minimum atomic E-state index is -0.446. The zero-order chi connectivity index (χ0) is 20.9. The van der Waals surface area contributed by atoms with Crippen molar-refractivity contribution in [3.8, 4) is 22.8 Å². The van der Waals surface area contributed by atoms with Crippen molar-refractivity contribution in [1.29, 1.82) is 0 Å². The average molecular weight is 400 g/mol. The van der Waals surface area contributed by atoms with Gasteiger partial charge in [-0.15, -0.1) is 0 Å². The Morgan fingerprint density at radius 2 is 1.97 bits per heavy atom. The first-order valence-electron chi connectivity index (χ1n) is 9.27. The maximum absolute atomic E-state index is 11.2. The van der Waals surface area contributed by atoms with E-state index in [0.717, 1.165) is 22.5 Å². The number of amides is 1. The lowest BCUT2D eigenvalue weighted by Gasteiger charge is -2.12. The third-order valence-corrected chi connectivity index (χ3v) is 4.58. The molecule has 30 heavy (non-hydrogen) atoms. The van der Waals surface area contributed by atoms with Crippen molar-refractivity contribution in [2.24, 2.45) is 5.73 Å². The first-order valence-corrected chi connectivity index (χ1v) is 9.27. The fraction of sp³-hybridized carbons (Fsp3) is 0.0909. The molecule has 0 atom stereocenters. The molecule has 0 spiro atoms. The maximum Gasteiger partial charge on any atom is 0.248 e. The molecule has 1 aromatic carbocycles. The van der Waals surface area contributed by atoms with Crippen molar-refractivity contribution in [3.63, 3.8) is 0 Å². The van der Waals surface area contributed by atoms with Crippen LogP contribution in [-0.4, -0.2) is 32.8 Å². The van der Waals surface area contributed by atoms with E-state index in [-0.39, 0.29) is 0 Å². The highest BCUT2D eigenvalue weighted by molar-refractivity contribution is 5.93. The molecule has 8 nitrogen and oxygen atoms in total. The molecule has 3 aromatic heterocycles. The van der Waals surface area contributed by atoms with Gasteiger partial charge in [0.25, 0.3) is 0 Å². The number of rotatable bonds is 7. The van der Waals surface area contributed by atoms with Gasteiger partial charge >= 0.3 is 0 Å².